The van der Waals surface area contributed by atoms with Crippen molar-refractivity contribution in [2.75, 3.05) is 39.6 Å². The van der Waals surface area contributed by atoms with Gasteiger partial charge in [-0.25, -0.2) is 9.13 Å². The van der Waals surface area contributed by atoms with Gasteiger partial charge in [-0.15, -0.1) is 0 Å². The monoisotopic (exact) mass is 1470 g/mol. The lowest BCUT2D eigenvalue weighted by molar-refractivity contribution is -0.161. The molecule has 17 nitrogen and oxygen atoms in total. The molecule has 0 aromatic carbocycles. The Bertz CT molecular complexity index is 2510. The molecule has 3 N–H and O–H groups in total. The van der Waals surface area contributed by atoms with Crippen LogP contribution in [-0.2, 0) is 65.4 Å². The average Bonchev–Trinajstić information content (AvgIpc) is 0.944. The van der Waals surface area contributed by atoms with Crippen LogP contribution in [0.1, 0.15) is 297 Å². The number of unbranched alkanes of at least 4 members (excludes halogenated alkanes) is 22. The standard InChI is InChI=1S/C83H138O17P2/c1-5-9-13-17-21-25-29-32-35-37-38-40-43-45-49-52-56-60-64-68-80(85)93-73-78(99-82(87)69-65-61-57-53-47-28-24-20-16-12-8-4)75-97-101(89,90)95-71-77(84)72-96-102(91,92)98-76-79(100-83(88)70-66-62-58-54-50-46-41-34-31-27-23-19-15-11-7-3)74-94-81(86)67-63-59-55-51-48-44-42-39-36-33-30-26-22-18-14-10-6-2/h10-11,14-15,20-27,32-36,38,40-42,44,51,55,77-79,84H,5-9,12-13,16-19,28-31,37,39,43,45-50,52-54,56-76H2,1-4H3,(H,89,90)(H,91,92)/b14-10-,15-11-,24-20-,25-21-,26-22-,27-23-,35-32-,36-33-,40-38-,41-34-,44-42-,55-51-. The van der Waals surface area contributed by atoms with E-state index >= 15 is 0 Å². The first-order chi connectivity index (χ1) is 49.7. The minimum Gasteiger partial charge on any atom is -0.462 e. The SMILES string of the molecule is CC/C=C\C/C=C\C/C=C\C/C=C\C/C=C\CCCC(=O)OCC(COP(=O)(O)OCC(O)COP(=O)(O)OCC(COC(=O)CCCCCCCC/C=C\C/C=C\C/C=C\CCCCC)OC(=O)CCCCCCC/C=C\CCCC)OC(=O)CCCCCCC/C=C\C/C=C\C/C=C\CC. The van der Waals surface area contributed by atoms with E-state index in [2.05, 4.69) is 161 Å². The fraction of sp³-hybridized carbons (Fsp3) is 0.663. The normalized spacial score (nSPS) is 14.7. The van der Waals surface area contributed by atoms with E-state index in [4.69, 9.17) is 37.0 Å². The molecule has 0 spiro atoms. The highest BCUT2D eigenvalue weighted by Crippen LogP contribution is 2.45. The predicted octanol–water partition coefficient (Wildman–Crippen LogP) is 22.7. The van der Waals surface area contributed by atoms with Crippen LogP contribution in [0.4, 0.5) is 0 Å². The average molecular weight is 1470 g/mol. The van der Waals surface area contributed by atoms with E-state index in [0.29, 0.717) is 32.1 Å². The van der Waals surface area contributed by atoms with E-state index in [9.17, 15) is 43.2 Å². The van der Waals surface area contributed by atoms with E-state index in [1.807, 2.05) is 12.2 Å². The van der Waals surface area contributed by atoms with Crippen molar-refractivity contribution in [3.8, 4) is 0 Å². The minimum absolute atomic E-state index is 0.0587. The molecular weight excluding hydrogens is 1330 g/mol. The first kappa shape index (κ1) is 96.9. The Morgan fingerprint density at radius 3 is 0.863 bits per heavy atom. The fourth-order valence-corrected chi connectivity index (χ4v) is 11.4. The van der Waals surface area contributed by atoms with E-state index in [1.54, 1.807) is 0 Å². The summed E-state index contributed by atoms with van der Waals surface area (Å²) in [4.78, 5) is 72.9. The molecule has 0 aliphatic heterocycles. The summed E-state index contributed by atoms with van der Waals surface area (Å²) in [6, 6.07) is 0. The lowest BCUT2D eigenvalue weighted by Crippen LogP contribution is -2.30. The molecular formula is C83H138O17P2. The second-order valence-corrected chi connectivity index (χ2v) is 28.4. The van der Waals surface area contributed by atoms with Gasteiger partial charge in [-0.2, -0.15) is 0 Å². The summed E-state index contributed by atoms with van der Waals surface area (Å²) in [5, 5.41) is 10.6. The van der Waals surface area contributed by atoms with E-state index < -0.39 is 97.5 Å². The van der Waals surface area contributed by atoms with Gasteiger partial charge in [0.05, 0.1) is 26.4 Å². The van der Waals surface area contributed by atoms with Crippen molar-refractivity contribution in [3.05, 3.63) is 146 Å². The highest BCUT2D eigenvalue weighted by Gasteiger charge is 2.30. The minimum atomic E-state index is -5.00. The van der Waals surface area contributed by atoms with Crippen molar-refractivity contribution in [2.45, 2.75) is 316 Å². The summed E-state index contributed by atoms with van der Waals surface area (Å²) in [5.41, 5.74) is 0. The molecule has 0 aromatic rings. The molecule has 582 valence electrons. The molecule has 5 unspecified atom stereocenters. The molecule has 102 heavy (non-hydrogen) atoms. The predicted molar refractivity (Wildman–Crippen MR) is 417 cm³/mol. The van der Waals surface area contributed by atoms with Gasteiger partial charge in [-0.05, 0) is 154 Å². The highest BCUT2D eigenvalue weighted by atomic mass is 31.2. The molecule has 0 rings (SSSR count). The Balaban J connectivity index is 5.40. The molecule has 0 aromatic heterocycles. The number of esters is 4. The van der Waals surface area contributed by atoms with Crippen LogP contribution in [0.15, 0.2) is 146 Å². The zero-order chi connectivity index (χ0) is 74.6. The largest absolute Gasteiger partial charge is 0.472 e. The quantitative estimate of drug-likeness (QED) is 0.0169. The van der Waals surface area contributed by atoms with Gasteiger partial charge in [0.25, 0.3) is 0 Å². The van der Waals surface area contributed by atoms with E-state index in [0.717, 1.165) is 180 Å². The number of carbonyl (C=O) groups excluding carboxylic acids is 4. The summed E-state index contributed by atoms with van der Waals surface area (Å²) in [5.74, 6) is -2.29. The van der Waals surface area contributed by atoms with Crippen LogP contribution in [0.2, 0.25) is 0 Å². The van der Waals surface area contributed by atoms with E-state index in [1.165, 1.54) is 32.1 Å². The summed E-state index contributed by atoms with van der Waals surface area (Å²) < 4.78 is 68.4. The number of ether oxygens (including phenoxy) is 4. The maximum atomic E-state index is 13.1. The van der Waals surface area contributed by atoms with Crippen LogP contribution in [0.5, 0.6) is 0 Å². The summed E-state index contributed by atoms with van der Waals surface area (Å²) in [7, 11) is -9.99. The third-order valence-electron chi connectivity index (χ3n) is 15.8. The van der Waals surface area contributed by atoms with E-state index in [-0.39, 0.29) is 25.7 Å². The Kier molecular flexibility index (Phi) is 70.5. The van der Waals surface area contributed by atoms with Crippen molar-refractivity contribution in [1.82, 2.24) is 0 Å². The van der Waals surface area contributed by atoms with Crippen molar-refractivity contribution >= 4 is 39.5 Å². The number of aliphatic hydroxyl groups excluding tert-OH is 1. The molecule has 0 amide bonds. The Labute approximate surface area is 617 Å². The lowest BCUT2D eigenvalue weighted by atomic mass is 10.1. The van der Waals surface area contributed by atoms with Gasteiger partial charge in [-0.1, -0.05) is 263 Å². The maximum Gasteiger partial charge on any atom is 0.472 e. The smallest absolute Gasteiger partial charge is 0.462 e. The van der Waals surface area contributed by atoms with Crippen molar-refractivity contribution in [1.29, 1.82) is 0 Å². The van der Waals surface area contributed by atoms with Crippen LogP contribution in [-0.4, -0.2) is 96.7 Å². The molecule has 5 atom stereocenters. The molecule has 0 aliphatic rings. The number of phosphoric acid groups is 2. The summed E-state index contributed by atoms with van der Waals surface area (Å²) >= 11 is 0. The number of aliphatic hydroxyl groups is 1. The number of carbonyl (C=O) groups is 4. The summed E-state index contributed by atoms with van der Waals surface area (Å²) in [6.07, 6.45) is 84.1. The lowest BCUT2D eigenvalue weighted by Gasteiger charge is -2.21. The molecule has 0 saturated heterocycles. The van der Waals surface area contributed by atoms with Gasteiger partial charge in [0, 0.05) is 25.7 Å². The zero-order valence-electron chi connectivity index (χ0n) is 63.5. The van der Waals surface area contributed by atoms with Crippen LogP contribution in [0.25, 0.3) is 0 Å². The molecule has 0 saturated carbocycles. The van der Waals surface area contributed by atoms with Gasteiger partial charge < -0.3 is 33.8 Å². The van der Waals surface area contributed by atoms with Gasteiger partial charge in [-0.3, -0.25) is 37.3 Å². The van der Waals surface area contributed by atoms with Crippen LogP contribution in [0, 0.1) is 0 Å². The Morgan fingerprint density at radius 1 is 0.284 bits per heavy atom. The first-order valence-corrected chi connectivity index (χ1v) is 42.1. The van der Waals surface area contributed by atoms with Crippen molar-refractivity contribution < 1.29 is 80.2 Å². The third-order valence-corrected chi connectivity index (χ3v) is 17.7. The fourth-order valence-electron chi connectivity index (χ4n) is 9.85. The van der Waals surface area contributed by atoms with Gasteiger partial charge in [0.1, 0.15) is 19.3 Å². The maximum absolute atomic E-state index is 13.1. The second kappa shape index (κ2) is 74.2. The number of phosphoric ester groups is 2. The first-order valence-electron chi connectivity index (χ1n) is 39.1. The van der Waals surface area contributed by atoms with Crippen LogP contribution >= 0.6 is 15.6 Å². The molecule has 0 bridgehead atoms. The van der Waals surface area contributed by atoms with Crippen molar-refractivity contribution in [3.63, 3.8) is 0 Å². The number of hydrogen-bond donors (Lipinski definition) is 3. The molecule has 0 fully saturated rings. The molecule has 0 aliphatic carbocycles. The molecule has 0 heterocycles. The topological polar surface area (TPSA) is 237 Å². The van der Waals surface area contributed by atoms with Crippen LogP contribution < -0.4 is 0 Å². The van der Waals surface area contributed by atoms with Gasteiger partial charge in [0.15, 0.2) is 12.2 Å². The van der Waals surface area contributed by atoms with Gasteiger partial charge >= 0.3 is 39.5 Å². The zero-order valence-corrected chi connectivity index (χ0v) is 65.3. The van der Waals surface area contributed by atoms with Gasteiger partial charge in [0.2, 0.25) is 0 Å². The second-order valence-electron chi connectivity index (χ2n) is 25.5. The Hall–Kier alpha value is -5.06. The summed E-state index contributed by atoms with van der Waals surface area (Å²) in [6.45, 7) is 4.46. The number of rotatable bonds is 72. The number of allylic oxidation sites excluding steroid dienone is 24. The Morgan fingerprint density at radius 2 is 0.529 bits per heavy atom. The highest BCUT2D eigenvalue weighted by molar-refractivity contribution is 7.47. The molecule has 19 heteroatoms. The van der Waals surface area contributed by atoms with Crippen molar-refractivity contribution in [2.24, 2.45) is 0 Å². The molecule has 0 radical (unpaired) electrons. The third kappa shape index (κ3) is 73.3. The number of hydrogen-bond acceptors (Lipinski definition) is 15. The van der Waals surface area contributed by atoms with Crippen LogP contribution in [0.3, 0.4) is 0 Å².